The van der Waals surface area contributed by atoms with Gasteiger partial charge in [-0.25, -0.2) is 0 Å². The molecule has 0 amide bonds. The molecule has 1 N–H and O–H groups in total. The Morgan fingerprint density at radius 1 is 0.758 bits per heavy atom. The van der Waals surface area contributed by atoms with Crippen LogP contribution in [0.4, 0.5) is 0 Å². The van der Waals surface area contributed by atoms with Crippen LogP contribution in [-0.4, -0.2) is 13.2 Å². The molecule has 0 aliphatic heterocycles. The lowest BCUT2D eigenvalue weighted by Crippen LogP contribution is -2.17. The van der Waals surface area contributed by atoms with Crippen LogP contribution in [0.15, 0.2) is 48.5 Å². The third kappa shape index (κ3) is 8.29. The Kier molecular flexibility index (Phi) is 11.7. The van der Waals surface area contributed by atoms with Gasteiger partial charge in [0, 0.05) is 32.2 Å². The average molecular weight is 570 g/mol. The number of hydrogen-bond acceptors (Lipinski definition) is 3. The maximum Gasteiger partial charge on any atom is 0.180 e. The van der Waals surface area contributed by atoms with Gasteiger partial charge in [0.05, 0.1) is 11.6 Å². The van der Waals surface area contributed by atoms with E-state index in [1.54, 1.807) is 18.2 Å². The van der Waals surface area contributed by atoms with E-state index in [0.29, 0.717) is 49.8 Å². The van der Waals surface area contributed by atoms with Crippen LogP contribution in [-0.2, 0) is 19.6 Å². The predicted molar refractivity (Wildman–Crippen MR) is 143 cm³/mol. The van der Waals surface area contributed by atoms with Gasteiger partial charge in [0.1, 0.15) is 6.61 Å². The van der Waals surface area contributed by atoms with Crippen LogP contribution in [0.1, 0.15) is 23.6 Å². The highest BCUT2D eigenvalue weighted by Gasteiger charge is 2.14. The smallest absolute Gasteiger partial charge is 0.180 e. The molecule has 0 atom stereocenters. The van der Waals surface area contributed by atoms with Crippen LogP contribution in [0.3, 0.4) is 0 Å². The van der Waals surface area contributed by atoms with E-state index in [2.05, 4.69) is 5.32 Å². The van der Waals surface area contributed by atoms with Crippen molar-refractivity contribution in [3.8, 4) is 11.5 Å². The molecular weight excluding hydrogens is 547 g/mol. The van der Waals surface area contributed by atoms with E-state index in [1.807, 2.05) is 37.3 Å². The van der Waals surface area contributed by atoms with Crippen molar-refractivity contribution in [2.24, 2.45) is 0 Å². The highest BCUT2D eigenvalue weighted by atomic mass is 35.5. The quantitative estimate of drug-likeness (QED) is 0.248. The molecule has 0 bridgehead atoms. The van der Waals surface area contributed by atoms with Crippen LogP contribution in [0.5, 0.6) is 11.5 Å². The van der Waals surface area contributed by atoms with Crippen LogP contribution < -0.4 is 14.8 Å². The summed E-state index contributed by atoms with van der Waals surface area (Å²) in [6.07, 6.45) is 0.783. The van der Waals surface area contributed by atoms with Gasteiger partial charge >= 0.3 is 0 Å². The normalized spacial score (nSPS) is 10.6. The van der Waals surface area contributed by atoms with Gasteiger partial charge in [-0.05, 0) is 67.4 Å². The average Bonchev–Trinajstić information content (AvgIpc) is 2.73. The Morgan fingerprint density at radius 3 is 2.00 bits per heavy atom. The molecule has 0 fully saturated rings. The van der Waals surface area contributed by atoms with Crippen LogP contribution in [0.2, 0.25) is 25.1 Å². The molecule has 33 heavy (non-hydrogen) atoms. The molecule has 3 rings (SSSR count). The molecule has 0 aromatic heterocycles. The first-order valence-corrected chi connectivity index (χ1v) is 11.9. The molecule has 3 aromatic carbocycles. The SMILES string of the molecule is CCOc1cc(CNCCc2ccc(Cl)cc2Cl)cc(Cl)c1OCc1ccc(Cl)cc1Cl.Cl. The van der Waals surface area contributed by atoms with Crippen molar-refractivity contribution < 1.29 is 9.47 Å². The van der Waals surface area contributed by atoms with E-state index < -0.39 is 0 Å². The molecule has 9 heteroatoms. The van der Waals surface area contributed by atoms with Gasteiger partial charge in [-0.15, -0.1) is 12.4 Å². The molecule has 178 valence electrons. The van der Waals surface area contributed by atoms with Gasteiger partial charge in [0.2, 0.25) is 0 Å². The van der Waals surface area contributed by atoms with Crippen molar-refractivity contribution in [2.45, 2.75) is 26.5 Å². The highest BCUT2D eigenvalue weighted by Crippen LogP contribution is 2.37. The Labute approximate surface area is 225 Å². The number of ether oxygens (including phenoxy) is 2. The maximum absolute atomic E-state index is 6.53. The second-order valence-electron chi connectivity index (χ2n) is 7.02. The second-order valence-corrected chi connectivity index (χ2v) is 9.12. The van der Waals surface area contributed by atoms with E-state index in [9.17, 15) is 0 Å². The molecule has 0 saturated heterocycles. The summed E-state index contributed by atoms with van der Waals surface area (Å²) in [5.74, 6) is 1.07. The molecule has 0 unspecified atom stereocenters. The molecule has 0 aliphatic carbocycles. The molecule has 0 radical (unpaired) electrons. The number of rotatable bonds is 10. The lowest BCUT2D eigenvalue weighted by molar-refractivity contribution is 0.269. The molecule has 0 aliphatic rings. The zero-order chi connectivity index (χ0) is 23.1. The monoisotopic (exact) mass is 567 g/mol. The summed E-state index contributed by atoms with van der Waals surface area (Å²) in [5, 5.41) is 6.28. The summed E-state index contributed by atoms with van der Waals surface area (Å²) >= 11 is 30.9. The Balaban J connectivity index is 0.00000385. The van der Waals surface area contributed by atoms with E-state index in [1.165, 1.54) is 0 Å². The fraction of sp³-hybridized carbons (Fsp3) is 0.250. The fourth-order valence-electron chi connectivity index (χ4n) is 3.10. The summed E-state index contributed by atoms with van der Waals surface area (Å²) in [7, 11) is 0. The van der Waals surface area contributed by atoms with Gasteiger partial charge in [-0.1, -0.05) is 70.1 Å². The summed E-state index contributed by atoms with van der Waals surface area (Å²) in [5.41, 5.74) is 2.83. The largest absolute Gasteiger partial charge is 0.490 e. The standard InChI is InChI=1S/C24H22Cl5NO2.ClH/c1-2-31-23-10-15(13-30-8-7-16-3-5-18(25)11-20(16)27)9-22(29)24(23)32-14-17-4-6-19(26)12-21(17)28;/h3-6,9-12,30H,2,7-8,13-14H2,1H3;1H. The van der Waals surface area contributed by atoms with E-state index in [4.69, 9.17) is 67.5 Å². The van der Waals surface area contributed by atoms with Crippen LogP contribution >= 0.6 is 70.4 Å². The lowest BCUT2D eigenvalue weighted by Gasteiger charge is -2.16. The fourth-order valence-corrected chi connectivity index (χ4v) is 4.35. The summed E-state index contributed by atoms with van der Waals surface area (Å²) in [4.78, 5) is 0. The summed E-state index contributed by atoms with van der Waals surface area (Å²) in [6, 6.07) is 14.6. The predicted octanol–water partition coefficient (Wildman–Crippen LogP) is 8.69. The van der Waals surface area contributed by atoms with Crippen molar-refractivity contribution in [1.82, 2.24) is 5.32 Å². The van der Waals surface area contributed by atoms with E-state index >= 15 is 0 Å². The Hall–Kier alpha value is -1.04. The van der Waals surface area contributed by atoms with Crippen molar-refractivity contribution in [2.75, 3.05) is 13.2 Å². The molecule has 0 saturated carbocycles. The van der Waals surface area contributed by atoms with Crippen molar-refractivity contribution in [3.63, 3.8) is 0 Å². The number of nitrogens with one attached hydrogen (secondary N) is 1. The van der Waals surface area contributed by atoms with Gasteiger partial charge in [-0.3, -0.25) is 0 Å². The first-order chi connectivity index (χ1) is 15.4. The molecule has 3 aromatic rings. The molecule has 0 heterocycles. The van der Waals surface area contributed by atoms with Crippen molar-refractivity contribution >= 4 is 70.4 Å². The topological polar surface area (TPSA) is 30.5 Å². The number of hydrogen-bond donors (Lipinski definition) is 1. The van der Waals surface area contributed by atoms with E-state index in [0.717, 1.165) is 29.7 Å². The summed E-state index contributed by atoms with van der Waals surface area (Å²) in [6.45, 7) is 4.01. The number of benzene rings is 3. The third-order valence-corrected chi connectivity index (χ3v) is 6.13. The third-order valence-electron chi connectivity index (χ3n) is 4.67. The minimum atomic E-state index is 0. The van der Waals surface area contributed by atoms with Gasteiger partial charge in [-0.2, -0.15) is 0 Å². The Morgan fingerprint density at radius 2 is 1.39 bits per heavy atom. The van der Waals surface area contributed by atoms with Crippen LogP contribution in [0.25, 0.3) is 0 Å². The highest BCUT2D eigenvalue weighted by molar-refractivity contribution is 6.35. The van der Waals surface area contributed by atoms with E-state index in [-0.39, 0.29) is 19.0 Å². The summed E-state index contributed by atoms with van der Waals surface area (Å²) < 4.78 is 11.7. The molecule has 3 nitrogen and oxygen atoms in total. The first kappa shape index (κ1) is 28.2. The Bertz CT molecular complexity index is 1080. The molecule has 0 spiro atoms. The minimum absolute atomic E-state index is 0. The van der Waals surface area contributed by atoms with Crippen LogP contribution in [0, 0.1) is 0 Å². The van der Waals surface area contributed by atoms with Crippen molar-refractivity contribution in [3.05, 3.63) is 90.3 Å². The maximum atomic E-state index is 6.53. The van der Waals surface area contributed by atoms with Crippen molar-refractivity contribution in [1.29, 1.82) is 0 Å². The van der Waals surface area contributed by atoms with Gasteiger partial charge < -0.3 is 14.8 Å². The second kappa shape index (κ2) is 13.7. The van der Waals surface area contributed by atoms with Gasteiger partial charge in [0.15, 0.2) is 11.5 Å². The number of halogens is 6. The minimum Gasteiger partial charge on any atom is -0.490 e. The zero-order valence-corrected chi connectivity index (χ0v) is 22.4. The first-order valence-electron chi connectivity index (χ1n) is 10.0. The molecular formula is C24H23Cl6NO2. The zero-order valence-electron chi connectivity index (χ0n) is 17.8. The lowest BCUT2D eigenvalue weighted by atomic mass is 10.1. The van der Waals surface area contributed by atoms with Gasteiger partial charge in [0.25, 0.3) is 0 Å².